The van der Waals surface area contributed by atoms with Crippen LogP contribution < -0.4 is 199 Å². The maximum Gasteiger partial charge on any atom is 1.00 e. The zero-order valence-electron chi connectivity index (χ0n) is 37.8. The number of rotatable bonds is 12. The molecule has 37 heteroatoms. The van der Waals surface area contributed by atoms with Crippen LogP contribution in [0.3, 0.4) is 0 Å². The molecule has 0 unspecified atom stereocenters. The third-order valence-corrected chi connectivity index (χ3v) is 14.2. The zero-order valence-corrected chi connectivity index (χ0v) is 54.7. The smallest absolute Gasteiger partial charge is 0.744 e. The predicted octanol–water partition coefficient (Wildman–Crippen LogP) is -16.4. The predicted molar refractivity (Wildman–Crippen MR) is 217 cm³/mol. The SMILES string of the molecule is O=C(Nc1ccc(C(=O)Nc2ccc(S(=O)(=O)[O-])c3ccc(S(=O)(=O)[O-])cc23)c(S(=O)(=O)[O-])c1)Nc1ccc(C(=O)Nc2ccc(S(=O)(=O)[O-])c3ccc(S(=O)(=O)[O-])cc23)c(S(=O)(=O)[O-])c1.[Na+].[Na+].[Na+].[Na+].[Na+].[Na+]. The Bertz CT molecular complexity index is 3610. The number of urea groups is 1. The fraction of sp³-hybridized carbons (Fsp3) is 0. The van der Waals surface area contributed by atoms with Gasteiger partial charge < -0.3 is 48.6 Å². The van der Waals surface area contributed by atoms with Crippen molar-refractivity contribution >= 4 is 123 Å². The van der Waals surface area contributed by atoms with Gasteiger partial charge in [-0.3, -0.25) is 9.59 Å². The molecule has 6 rings (SSSR count). The van der Waals surface area contributed by atoms with Crippen LogP contribution in [-0.2, 0) is 60.7 Å². The molecular weight excluding hydrogens is 1140 g/mol. The van der Waals surface area contributed by atoms with E-state index in [1.807, 2.05) is 0 Å². The number of nitrogens with one attached hydrogen (secondary N) is 4. The van der Waals surface area contributed by atoms with Gasteiger partial charge in [0.25, 0.3) is 11.8 Å². The number of hydrogen-bond donors (Lipinski definition) is 4. The van der Waals surface area contributed by atoms with E-state index in [2.05, 4.69) is 21.3 Å². The van der Waals surface area contributed by atoms with Gasteiger partial charge in [-0.25, -0.2) is 55.3 Å². The van der Waals surface area contributed by atoms with Gasteiger partial charge in [0.15, 0.2) is 0 Å². The Labute approximate surface area is 542 Å². The van der Waals surface area contributed by atoms with Crippen LogP contribution in [0.25, 0.3) is 21.5 Å². The molecule has 0 fully saturated rings. The van der Waals surface area contributed by atoms with E-state index in [-0.39, 0.29) is 177 Å². The molecule has 72 heavy (non-hydrogen) atoms. The van der Waals surface area contributed by atoms with Crippen molar-refractivity contribution < 1.29 is 270 Å². The van der Waals surface area contributed by atoms with Crippen molar-refractivity contribution in [2.24, 2.45) is 0 Å². The van der Waals surface area contributed by atoms with Crippen molar-refractivity contribution in [1.82, 2.24) is 0 Å². The van der Waals surface area contributed by atoms with E-state index in [0.29, 0.717) is 60.7 Å². The number of anilines is 4. The van der Waals surface area contributed by atoms with Crippen LogP contribution in [0.2, 0.25) is 0 Å². The Morgan fingerprint density at radius 3 is 0.903 bits per heavy atom. The Hall–Kier alpha value is -0.490. The topological polar surface area (TPSA) is 443 Å². The summed E-state index contributed by atoms with van der Waals surface area (Å²) in [5, 5.41) is 6.46. The van der Waals surface area contributed by atoms with Crippen LogP contribution >= 0.6 is 0 Å². The van der Waals surface area contributed by atoms with E-state index in [1.54, 1.807) is 0 Å². The summed E-state index contributed by atoms with van der Waals surface area (Å²) in [6.45, 7) is 0. The number of carbonyl (C=O) groups excluding carboxylic acids is 3. The van der Waals surface area contributed by atoms with Crippen molar-refractivity contribution in [2.45, 2.75) is 29.4 Å². The summed E-state index contributed by atoms with van der Waals surface area (Å²) >= 11 is 0. The van der Waals surface area contributed by atoms with E-state index in [1.165, 1.54) is 0 Å². The van der Waals surface area contributed by atoms with Crippen LogP contribution in [0, 0.1) is 0 Å². The standard InChI is InChI=1S/C35H26N4O21S6.6Na/c40-33(38-27-9-11-29(63(49,50)51)21-7-3-19(15-25(21)27)61(43,44)45)23-5-1-17(13-31(23)65(55,56)57)36-35(42)37-18-2-6-24(32(14-18)66(58,59)60)34(41)39-28-10-12-30(64(52,53)54)22-8-4-20(16-26(22)28)62(46,47)48;;;;;;/h1-16H,(H,38,40)(H,39,41)(H2,36,37,42)(H,43,44,45)(H,46,47,48)(H,49,50,51)(H,52,53,54)(H,55,56,57)(H,58,59,60);;;;;;/q;6*+1/p-6. The largest absolute Gasteiger partial charge is 1.00 e. The molecule has 0 aromatic heterocycles. The first-order valence-corrected chi connectivity index (χ1v) is 25.6. The summed E-state index contributed by atoms with van der Waals surface area (Å²) in [5.41, 5.74) is -3.82. The van der Waals surface area contributed by atoms with Gasteiger partial charge in [-0.2, -0.15) is 0 Å². The summed E-state index contributed by atoms with van der Waals surface area (Å²) in [7, 11) is -32.1. The van der Waals surface area contributed by atoms with Crippen LogP contribution in [0.5, 0.6) is 0 Å². The first-order valence-electron chi connectivity index (χ1n) is 17.1. The van der Waals surface area contributed by atoms with Gasteiger partial charge >= 0.3 is 183 Å². The molecule has 6 aromatic carbocycles. The zero-order chi connectivity index (χ0) is 49.1. The van der Waals surface area contributed by atoms with Gasteiger partial charge in [0.2, 0.25) is 0 Å². The summed E-state index contributed by atoms with van der Waals surface area (Å²) in [6.07, 6.45) is 0. The maximum absolute atomic E-state index is 13.4. The van der Waals surface area contributed by atoms with Crippen molar-refractivity contribution in [2.75, 3.05) is 21.3 Å². The molecule has 4 N–H and O–H groups in total. The van der Waals surface area contributed by atoms with Crippen molar-refractivity contribution in [3.8, 4) is 0 Å². The molecule has 0 atom stereocenters. The van der Waals surface area contributed by atoms with Crippen LogP contribution in [0.15, 0.2) is 126 Å². The minimum atomic E-state index is -5.61. The van der Waals surface area contributed by atoms with E-state index in [4.69, 9.17) is 0 Å². The molecule has 0 aliphatic heterocycles. The molecule has 0 spiro atoms. The van der Waals surface area contributed by atoms with E-state index in [0.717, 1.165) is 36.4 Å². The summed E-state index contributed by atoms with van der Waals surface area (Å²) in [6, 6.07) is 10.0. The average Bonchev–Trinajstić information content (AvgIpc) is 3.18. The molecule has 6 aromatic rings. The molecule has 0 saturated carbocycles. The summed E-state index contributed by atoms with van der Waals surface area (Å²) in [4.78, 5) is 33.5. The summed E-state index contributed by atoms with van der Waals surface area (Å²) < 4.78 is 215. The molecule has 25 nitrogen and oxygen atoms in total. The second-order valence-electron chi connectivity index (χ2n) is 13.3. The molecule has 0 radical (unpaired) electrons. The van der Waals surface area contributed by atoms with Crippen molar-refractivity contribution in [3.63, 3.8) is 0 Å². The number of hydrogen-bond acceptors (Lipinski definition) is 21. The number of fused-ring (bicyclic) bond motifs is 2. The van der Waals surface area contributed by atoms with Gasteiger partial charge in [-0.15, -0.1) is 0 Å². The fourth-order valence-corrected chi connectivity index (χ4v) is 9.99. The monoisotopic (exact) mass is 1160 g/mol. The van der Waals surface area contributed by atoms with Gasteiger partial charge in [-0.05, 0) is 84.9 Å². The van der Waals surface area contributed by atoms with E-state index >= 15 is 0 Å². The van der Waals surface area contributed by atoms with Gasteiger partial charge in [0.05, 0.1) is 40.5 Å². The Kier molecular flexibility index (Phi) is 26.7. The van der Waals surface area contributed by atoms with Crippen molar-refractivity contribution in [3.05, 3.63) is 108 Å². The Morgan fingerprint density at radius 2 is 0.625 bits per heavy atom. The summed E-state index contributed by atoms with van der Waals surface area (Å²) in [5.74, 6) is -2.82. The Balaban J connectivity index is 0.00000840. The van der Waals surface area contributed by atoms with Gasteiger partial charge in [-0.1, -0.05) is 12.1 Å². The molecule has 0 saturated heterocycles. The Morgan fingerprint density at radius 1 is 0.319 bits per heavy atom. The van der Waals surface area contributed by atoms with Crippen LogP contribution in [0.1, 0.15) is 20.7 Å². The third-order valence-electron chi connectivity index (χ3n) is 9.02. The van der Waals surface area contributed by atoms with E-state index < -0.39 is 163 Å². The maximum atomic E-state index is 13.4. The average molecular weight is 1160 g/mol. The minimum absolute atomic E-state index is 0. The first kappa shape index (κ1) is 71.5. The van der Waals surface area contributed by atoms with Gasteiger partial charge in [0.1, 0.15) is 60.7 Å². The quantitative estimate of drug-likeness (QED) is 0.0653. The second kappa shape index (κ2) is 26.9. The second-order valence-corrected chi connectivity index (χ2v) is 21.4. The minimum Gasteiger partial charge on any atom is -0.744 e. The molecule has 348 valence electrons. The molecule has 0 aliphatic carbocycles. The fourth-order valence-electron chi connectivity index (χ4n) is 6.23. The molecule has 0 bridgehead atoms. The van der Waals surface area contributed by atoms with E-state index in [9.17, 15) is 92.2 Å². The van der Waals surface area contributed by atoms with Gasteiger partial charge in [0, 0.05) is 44.3 Å². The number of benzene rings is 6. The number of carbonyl (C=O) groups is 3. The third kappa shape index (κ3) is 17.3. The van der Waals surface area contributed by atoms with Crippen LogP contribution in [-0.4, -0.2) is 95.7 Å². The first-order chi connectivity index (χ1) is 30.2. The van der Waals surface area contributed by atoms with Crippen LogP contribution in [0.4, 0.5) is 27.5 Å². The number of amides is 4. The molecular formula is C35H20N4Na6O21S6. The molecule has 4 amide bonds. The van der Waals surface area contributed by atoms with Crippen molar-refractivity contribution in [1.29, 1.82) is 0 Å². The molecule has 0 aliphatic rings. The molecule has 0 heterocycles. The normalized spacial score (nSPS) is 11.6.